The summed E-state index contributed by atoms with van der Waals surface area (Å²) in [5.41, 5.74) is 0.721. The molecular weight excluding hydrogens is 444 g/mol. The van der Waals surface area contributed by atoms with Gasteiger partial charge in [0.1, 0.15) is 42.7 Å². The molecule has 2 aliphatic heterocycles. The maximum atomic E-state index is 10.2. The van der Waals surface area contributed by atoms with Gasteiger partial charge in [-0.1, -0.05) is 18.2 Å². The maximum absolute atomic E-state index is 10.2. The van der Waals surface area contributed by atoms with Crippen LogP contribution in [0.5, 0.6) is 11.5 Å². The number of aromatic hydroxyl groups is 1. The Morgan fingerprint density at radius 2 is 1.52 bits per heavy atom. The third-order valence-corrected chi connectivity index (χ3v) is 5.46. The first-order valence-corrected chi connectivity index (χ1v) is 10.4. The van der Waals surface area contributed by atoms with Gasteiger partial charge in [-0.05, 0) is 17.7 Å². The van der Waals surface area contributed by atoms with E-state index >= 15 is 0 Å². The molecule has 0 bridgehead atoms. The Morgan fingerprint density at radius 1 is 0.879 bits per heavy atom. The van der Waals surface area contributed by atoms with Crippen LogP contribution in [0.15, 0.2) is 24.3 Å². The number of phenols is 1. The highest BCUT2D eigenvalue weighted by Crippen LogP contribution is 2.28. The number of hydrogen-bond acceptors (Lipinski definition) is 12. The summed E-state index contributed by atoms with van der Waals surface area (Å²) in [5.74, 6) is 0.306. The average Bonchev–Trinajstić information content (AvgIpc) is 3.09. The summed E-state index contributed by atoms with van der Waals surface area (Å²) in [4.78, 5) is 0. The number of rotatable bonds is 9. The summed E-state index contributed by atoms with van der Waals surface area (Å²) in [6.07, 6.45) is -8.84. The van der Waals surface area contributed by atoms with Crippen LogP contribution in [-0.4, -0.2) is 118 Å². The predicted octanol–water partition coefficient (Wildman–Crippen LogP) is -2.31. The van der Waals surface area contributed by atoms with Crippen molar-refractivity contribution in [3.63, 3.8) is 0 Å². The van der Waals surface area contributed by atoms with Crippen molar-refractivity contribution < 1.29 is 59.4 Å². The topological polar surface area (TPSA) is 188 Å². The van der Waals surface area contributed by atoms with Gasteiger partial charge in [-0.3, -0.25) is 0 Å². The van der Waals surface area contributed by atoms with Crippen LogP contribution in [0.1, 0.15) is 5.56 Å². The zero-order chi connectivity index (χ0) is 24.1. The Morgan fingerprint density at radius 3 is 2.18 bits per heavy atom. The molecule has 0 aliphatic carbocycles. The third kappa shape index (κ3) is 6.00. The fourth-order valence-electron chi connectivity index (χ4n) is 3.52. The van der Waals surface area contributed by atoms with Crippen LogP contribution in [0, 0.1) is 0 Å². The molecule has 7 N–H and O–H groups in total. The number of benzene rings is 1. The summed E-state index contributed by atoms with van der Waals surface area (Å²) in [5, 5.41) is 69.0. The van der Waals surface area contributed by atoms with Gasteiger partial charge in [0, 0.05) is 0 Å². The fourth-order valence-corrected chi connectivity index (χ4v) is 3.52. The molecule has 2 fully saturated rings. The van der Waals surface area contributed by atoms with Crippen molar-refractivity contribution >= 4 is 6.08 Å². The van der Waals surface area contributed by atoms with E-state index in [1.54, 1.807) is 24.3 Å². The van der Waals surface area contributed by atoms with Crippen LogP contribution < -0.4 is 4.74 Å². The number of hydrogen-bond donors (Lipinski definition) is 7. The van der Waals surface area contributed by atoms with Gasteiger partial charge >= 0.3 is 0 Å². The molecule has 33 heavy (non-hydrogen) atoms. The van der Waals surface area contributed by atoms with Gasteiger partial charge in [0.05, 0.1) is 26.9 Å². The molecule has 9 atom stereocenters. The normalized spacial score (nSPS) is 37.0. The number of methoxy groups -OCH3 is 1. The van der Waals surface area contributed by atoms with E-state index in [0.29, 0.717) is 5.75 Å². The SMILES string of the molecule is COc1cc(/C=C/CO[C@@H]2O[C@H](CO[C@@H]3O[C@H](CO)[C@@H](O)[C@@H]3O)[C@@H](O)[C@H](O)[C@H]2O)ccc1O. The maximum Gasteiger partial charge on any atom is 0.187 e. The predicted molar refractivity (Wildman–Crippen MR) is 110 cm³/mol. The molecule has 186 valence electrons. The lowest BCUT2D eigenvalue weighted by Gasteiger charge is -2.40. The number of phenolic OH excluding ortho intramolecular Hbond substituents is 1. The van der Waals surface area contributed by atoms with Crippen molar-refractivity contribution in [3.8, 4) is 11.5 Å². The first-order valence-electron chi connectivity index (χ1n) is 10.4. The molecule has 2 aliphatic rings. The van der Waals surface area contributed by atoms with Crippen molar-refractivity contribution in [3.05, 3.63) is 29.8 Å². The molecule has 0 unspecified atom stereocenters. The minimum Gasteiger partial charge on any atom is -0.504 e. The van der Waals surface area contributed by atoms with Crippen molar-refractivity contribution in [1.82, 2.24) is 0 Å². The van der Waals surface area contributed by atoms with E-state index in [-0.39, 0.29) is 19.0 Å². The first kappa shape index (κ1) is 25.8. The highest BCUT2D eigenvalue weighted by atomic mass is 16.7. The summed E-state index contributed by atoms with van der Waals surface area (Å²) < 4.78 is 26.6. The Labute approximate surface area is 189 Å². The van der Waals surface area contributed by atoms with Gasteiger partial charge in [-0.2, -0.15) is 0 Å². The molecule has 12 heteroatoms. The van der Waals surface area contributed by atoms with E-state index < -0.39 is 61.9 Å². The number of aliphatic hydroxyl groups excluding tert-OH is 6. The quantitative estimate of drug-likeness (QED) is 0.203. The van der Waals surface area contributed by atoms with Crippen molar-refractivity contribution in [2.24, 2.45) is 0 Å². The Hall–Kier alpha value is -1.84. The molecule has 0 amide bonds. The highest BCUT2D eigenvalue weighted by Gasteiger charge is 2.47. The standard InChI is InChI=1S/C21H30O12/c1-29-12-7-10(4-5-11(12)23)3-2-6-30-20-19(28)17(26)16(25)14(33-20)9-31-21-18(27)15(24)13(8-22)32-21/h2-5,7,13-28H,6,8-9H2,1H3/b3-2+/t13-,14-,15-,16-,17+,18+,19-,20-,21-/m1/s1. The molecule has 2 saturated heterocycles. The summed E-state index contributed by atoms with van der Waals surface area (Å²) in [6, 6.07) is 4.75. The minimum atomic E-state index is -1.59. The van der Waals surface area contributed by atoms with E-state index in [4.69, 9.17) is 28.8 Å². The molecule has 1 aromatic rings. The zero-order valence-corrected chi connectivity index (χ0v) is 17.9. The lowest BCUT2D eigenvalue weighted by atomic mass is 9.99. The molecule has 0 radical (unpaired) electrons. The second-order valence-corrected chi connectivity index (χ2v) is 7.72. The number of aliphatic hydroxyl groups is 6. The van der Waals surface area contributed by atoms with Gasteiger partial charge < -0.3 is 59.4 Å². The first-order chi connectivity index (χ1) is 15.8. The van der Waals surface area contributed by atoms with Crippen LogP contribution >= 0.6 is 0 Å². The molecule has 12 nitrogen and oxygen atoms in total. The summed E-state index contributed by atoms with van der Waals surface area (Å²) in [6.45, 7) is -0.900. The molecule has 0 spiro atoms. The molecule has 1 aromatic carbocycles. The van der Waals surface area contributed by atoms with Gasteiger partial charge in [0.25, 0.3) is 0 Å². The molecule has 0 aromatic heterocycles. The third-order valence-electron chi connectivity index (χ3n) is 5.46. The van der Waals surface area contributed by atoms with Crippen molar-refractivity contribution in [2.75, 3.05) is 26.9 Å². The van der Waals surface area contributed by atoms with E-state index in [1.807, 2.05) is 0 Å². The van der Waals surface area contributed by atoms with E-state index in [1.165, 1.54) is 13.2 Å². The van der Waals surface area contributed by atoms with E-state index in [0.717, 1.165) is 5.56 Å². The Kier molecular flexibility index (Phi) is 9.01. The van der Waals surface area contributed by atoms with Crippen LogP contribution in [-0.2, 0) is 18.9 Å². The second kappa shape index (κ2) is 11.5. The number of ether oxygens (including phenoxy) is 5. The van der Waals surface area contributed by atoms with Crippen molar-refractivity contribution in [2.45, 2.75) is 55.3 Å². The van der Waals surface area contributed by atoms with Crippen LogP contribution in [0.4, 0.5) is 0 Å². The minimum absolute atomic E-state index is 0.00217. The highest BCUT2D eigenvalue weighted by molar-refractivity contribution is 5.55. The lowest BCUT2D eigenvalue weighted by Crippen LogP contribution is -2.59. The lowest BCUT2D eigenvalue weighted by molar-refractivity contribution is -0.307. The fraction of sp³-hybridized carbons (Fsp3) is 0.619. The van der Waals surface area contributed by atoms with Crippen molar-refractivity contribution in [1.29, 1.82) is 0 Å². The van der Waals surface area contributed by atoms with Gasteiger partial charge in [-0.25, -0.2) is 0 Å². The molecular formula is C21H30O12. The van der Waals surface area contributed by atoms with Crippen LogP contribution in [0.2, 0.25) is 0 Å². The average molecular weight is 474 g/mol. The summed E-state index contributed by atoms with van der Waals surface area (Å²) in [7, 11) is 1.43. The van der Waals surface area contributed by atoms with E-state index in [9.17, 15) is 30.6 Å². The van der Waals surface area contributed by atoms with Gasteiger partial charge in [0.2, 0.25) is 0 Å². The largest absolute Gasteiger partial charge is 0.504 e. The Bertz CT molecular complexity index is 789. The zero-order valence-electron chi connectivity index (χ0n) is 17.9. The molecule has 0 saturated carbocycles. The van der Waals surface area contributed by atoms with Gasteiger partial charge in [-0.15, -0.1) is 0 Å². The smallest absolute Gasteiger partial charge is 0.187 e. The summed E-state index contributed by atoms with van der Waals surface area (Å²) >= 11 is 0. The molecule has 3 rings (SSSR count). The molecule has 2 heterocycles. The van der Waals surface area contributed by atoms with Gasteiger partial charge in [0.15, 0.2) is 24.1 Å². The van der Waals surface area contributed by atoms with Crippen LogP contribution in [0.25, 0.3) is 6.08 Å². The van der Waals surface area contributed by atoms with E-state index in [2.05, 4.69) is 0 Å². The van der Waals surface area contributed by atoms with Crippen LogP contribution in [0.3, 0.4) is 0 Å². The monoisotopic (exact) mass is 474 g/mol. The Balaban J connectivity index is 1.53. The second-order valence-electron chi connectivity index (χ2n) is 7.72.